The first-order valence-corrected chi connectivity index (χ1v) is 9.67. The Morgan fingerprint density at radius 2 is 1.92 bits per heavy atom. The third kappa shape index (κ3) is 3.47. The Balaban J connectivity index is 1.43. The summed E-state index contributed by atoms with van der Waals surface area (Å²) in [7, 11) is 1.64. The minimum atomic E-state index is -0.315. The van der Waals surface area contributed by atoms with Crippen molar-refractivity contribution in [3.8, 4) is 16.3 Å². The van der Waals surface area contributed by atoms with Gasteiger partial charge < -0.3 is 9.47 Å². The number of nitrogens with zero attached hydrogens (tertiary/aromatic N) is 1. The van der Waals surface area contributed by atoms with Crippen LogP contribution in [0.2, 0.25) is 0 Å². The summed E-state index contributed by atoms with van der Waals surface area (Å²) in [5.41, 5.74) is 1.76. The average molecular weight is 381 g/mol. The molecule has 4 aromatic rings. The van der Waals surface area contributed by atoms with Crippen molar-refractivity contribution in [2.45, 2.75) is 6.61 Å². The van der Waals surface area contributed by atoms with Gasteiger partial charge in [-0.3, -0.25) is 0 Å². The van der Waals surface area contributed by atoms with Crippen molar-refractivity contribution < 1.29 is 14.3 Å². The number of rotatable bonds is 5. The van der Waals surface area contributed by atoms with E-state index in [-0.39, 0.29) is 12.6 Å². The van der Waals surface area contributed by atoms with Crippen LogP contribution in [-0.4, -0.2) is 18.1 Å². The highest BCUT2D eigenvalue weighted by Crippen LogP contribution is 2.28. The molecule has 0 spiro atoms. The van der Waals surface area contributed by atoms with Crippen LogP contribution in [0.25, 0.3) is 20.7 Å². The minimum absolute atomic E-state index is 0.166. The van der Waals surface area contributed by atoms with Crippen LogP contribution in [0.3, 0.4) is 0 Å². The van der Waals surface area contributed by atoms with Crippen LogP contribution in [0.1, 0.15) is 15.4 Å². The lowest BCUT2D eigenvalue weighted by Gasteiger charge is -2.01. The molecule has 0 aliphatic carbocycles. The molecule has 0 saturated heterocycles. The summed E-state index contributed by atoms with van der Waals surface area (Å²) < 4.78 is 11.7. The first-order valence-electron chi connectivity index (χ1n) is 7.97. The van der Waals surface area contributed by atoms with Crippen LogP contribution in [0.5, 0.6) is 5.75 Å². The fourth-order valence-corrected chi connectivity index (χ4v) is 4.30. The molecule has 2 heterocycles. The van der Waals surface area contributed by atoms with Crippen molar-refractivity contribution in [2.75, 3.05) is 7.11 Å². The highest BCUT2D eigenvalue weighted by Gasteiger charge is 2.13. The number of hydrogen-bond acceptors (Lipinski definition) is 6. The first kappa shape index (κ1) is 16.8. The molecule has 26 heavy (non-hydrogen) atoms. The first-order chi connectivity index (χ1) is 12.7. The maximum absolute atomic E-state index is 12.3. The Morgan fingerprint density at radius 1 is 1.12 bits per heavy atom. The number of carbonyl (C=O) groups excluding carboxylic acids is 1. The zero-order valence-corrected chi connectivity index (χ0v) is 15.6. The summed E-state index contributed by atoms with van der Waals surface area (Å²) >= 11 is 2.97. The molecule has 4 rings (SSSR count). The Morgan fingerprint density at radius 3 is 2.69 bits per heavy atom. The molecule has 2 aromatic heterocycles. The van der Waals surface area contributed by atoms with Gasteiger partial charge in [0.1, 0.15) is 22.2 Å². The van der Waals surface area contributed by atoms with Gasteiger partial charge in [0.25, 0.3) is 0 Å². The molecule has 0 aliphatic rings. The summed E-state index contributed by atoms with van der Waals surface area (Å²) in [6, 6.07) is 17.5. The number of thiophene rings is 1. The van der Waals surface area contributed by atoms with E-state index in [1.807, 2.05) is 60.0 Å². The molecule has 0 radical (unpaired) electrons. The van der Waals surface area contributed by atoms with Crippen LogP contribution in [0.15, 0.2) is 60.0 Å². The average Bonchev–Trinajstić information content (AvgIpc) is 3.33. The predicted octanol–water partition coefficient (Wildman–Crippen LogP) is 5.39. The van der Waals surface area contributed by atoms with Gasteiger partial charge >= 0.3 is 5.97 Å². The molecule has 130 valence electrons. The number of fused-ring (bicyclic) bond motifs is 1. The van der Waals surface area contributed by atoms with Crippen LogP contribution in [-0.2, 0) is 11.3 Å². The Kier molecular flexibility index (Phi) is 4.69. The van der Waals surface area contributed by atoms with Crippen LogP contribution in [0.4, 0.5) is 0 Å². The number of thiazole rings is 1. The van der Waals surface area contributed by atoms with Crippen molar-refractivity contribution >= 4 is 38.7 Å². The van der Waals surface area contributed by atoms with Gasteiger partial charge in [-0.1, -0.05) is 18.2 Å². The van der Waals surface area contributed by atoms with Gasteiger partial charge in [-0.25, -0.2) is 9.78 Å². The summed E-state index contributed by atoms with van der Waals surface area (Å²) in [5, 5.41) is 3.86. The second kappa shape index (κ2) is 7.27. The zero-order chi connectivity index (χ0) is 17.9. The van der Waals surface area contributed by atoms with E-state index in [4.69, 9.17) is 9.47 Å². The maximum Gasteiger partial charge on any atom is 0.348 e. The van der Waals surface area contributed by atoms with Crippen LogP contribution < -0.4 is 4.74 Å². The van der Waals surface area contributed by atoms with E-state index in [1.54, 1.807) is 7.11 Å². The fourth-order valence-electron chi connectivity index (χ4n) is 2.53. The van der Waals surface area contributed by atoms with Crippen LogP contribution >= 0.6 is 22.7 Å². The molecule has 0 bridgehead atoms. The van der Waals surface area contributed by atoms with E-state index >= 15 is 0 Å². The third-order valence-corrected chi connectivity index (χ3v) is 5.90. The van der Waals surface area contributed by atoms with Crippen molar-refractivity contribution in [1.29, 1.82) is 0 Å². The smallest absolute Gasteiger partial charge is 0.348 e. The molecule has 2 aromatic carbocycles. The van der Waals surface area contributed by atoms with Gasteiger partial charge in [0.2, 0.25) is 0 Å². The maximum atomic E-state index is 12.3. The van der Waals surface area contributed by atoms with E-state index in [2.05, 4.69) is 4.98 Å². The van der Waals surface area contributed by atoms with Gasteiger partial charge in [-0.05, 0) is 41.8 Å². The lowest BCUT2D eigenvalue weighted by Crippen LogP contribution is -2.03. The number of carbonyl (C=O) groups is 1. The Hall–Kier alpha value is -2.70. The zero-order valence-electron chi connectivity index (χ0n) is 14.0. The molecule has 6 heteroatoms. The summed E-state index contributed by atoms with van der Waals surface area (Å²) in [5.74, 6) is 0.494. The Bertz CT molecular complexity index is 1020. The number of esters is 1. The summed E-state index contributed by atoms with van der Waals surface area (Å²) in [6.07, 6.45) is 0. The summed E-state index contributed by atoms with van der Waals surface area (Å²) in [4.78, 5) is 17.4. The van der Waals surface area contributed by atoms with Crippen LogP contribution in [0, 0.1) is 0 Å². The molecule has 0 fully saturated rings. The van der Waals surface area contributed by atoms with Gasteiger partial charge in [0.05, 0.1) is 12.8 Å². The lowest BCUT2D eigenvalue weighted by molar-refractivity contribution is 0.0474. The molecular weight excluding hydrogens is 366 g/mol. The molecule has 0 amide bonds. The van der Waals surface area contributed by atoms with Crippen molar-refractivity contribution in [3.05, 3.63) is 70.5 Å². The summed E-state index contributed by atoms with van der Waals surface area (Å²) in [6.45, 7) is 0.166. The standard InChI is InChI=1S/C20H15NO3S2/c1-23-16-8-6-13(7-9-16)19-21-15(12-25-19)11-24-20(22)18-10-14-4-2-3-5-17(14)26-18/h2-10,12H,11H2,1H3. The molecular formula is C20H15NO3S2. The number of methoxy groups -OCH3 is 1. The number of ether oxygens (including phenoxy) is 2. The number of benzene rings is 2. The molecule has 0 saturated carbocycles. The fraction of sp³-hybridized carbons (Fsp3) is 0.100. The van der Waals surface area contributed by atoms with Gasteiger partial charge in [0.15, 0.2) is 0 Å². The molecule has 0 N–H and O–H groups in total. The molecule has 0 unspecified atom stereocenters. The topological polar surface area (TPSA) is 48.4 Å². The van der Waals surface area contributed by atoms with Gasteiger partial charge in [-0.15, -0.1) is 22.7 Å². The predicted molar refractivity (Wildman–Crippen MR) is 105 cm³/mol. The second-order valence-corrected chi connectivity index (χ2v) is 7.54. The van der Waals surface area contributed by atoms with Gasteiger partial charge in [0, 0.05) is 15.6 Å². The largest absolute Gasteiger partial charge is 0.497 e. The number of aromatic nitrogens is 1. The van der Waals surface area contributed by atoms with E-state index in [0.717, 1.165) is 32.1 Å². The van der Waals surface area contributed by atoms with Crippen molar-refractivity contribution in [3.63, 3.8) is 0 Å². The van der Waals surface area contributed by atoms with E-state index in [9.17, 15) is 4.79 Å². The highest BCUT2D eigenvalue weighted by atomic mass is 32.1. The monoisotopic (exact) mass is 381 g/mol. The van der Waals surface area contributed by atoms with Crippen molar-refractivity contribution in [2.24, 2.45) is 0 Å². The van der Waals surface area contributed by atoms with Crippen molar-refractivity contribution in [1.82, 2.24) is 4.98 Å². The molecule has 4 nitrogen and oxygen atoms in total. The molecule has 0 aliphatic heterocycles. The van der Waals surface area contributed by atoms with E-state index < -0.39 is 0 Å². The quantitative estimate of drug-likeness (QED) is 0.435. The van der Waals surface area contributed by atoms with E-state index in [1.165, 1.54) is 22.7 Å². The molecule has 0 atom stereocenters. The second-order valence-electron chi connectivity index (χ2n) is 5.60. The lowest BCUT2D eigenvalue weighted by atomic mass is 10.2. The van der Waals surface area contributed by atoms with E-state index in [0.29, 0.717) is 4.88 Å². The Labute approximate surface area is 158 Å². The highest BCUT2D eigenvalue weighted by molar-refractivity contribution is 7.20. The SMILES string of the molecule is COc1ccc(-c2nc(COC(=O)c3cc4ccccc4s3)cs2)cc1. The third-order valence-electron chi connectivity index (χ3n) is 3.87. The minimum Gasteiger partial charge on any atom is -0.497 e. The van der Waals surface area contributed by atoms with Gasteiger partial charge in [-0.2, -0.15) is 0 Å². The number of hydrogen-bond donors (Lipinski definition) is 0. The normalized spacial score (nSPS) is 10.8.